The molecule has 19 heavy (non-hydrogen) atoms. The van der Waals surface area contributed by atoms with E-state index in [0.29, 0.717) is 30.3 Å². The Hall–Kier alpha value is -1.55. The summed E-state index contributed by atoms with van der Waals surface area (Å²) >= 11 is 5.95. The maximum atomic E-state index is 11.6. The van der Waals surface area contributed by atoms with E-state index >= 15 is 0 Å². The number of benzene rings is 1. The summed E-state index contributed by atoms with van der Waals surface area (Å²) in [6.07, 6.45) is 0.360. The summed E-state index contributed by atoms with van der Waals surface area (Å²) in [5.41, 5.74) is 1.02. The first-order valence-corrected chi connectivity index (χ1v) is 6.54. The minimum absolute atomic E-state index is 0.0516. The highest BCUT2D eigenvalue weighted by atomic mass is 35.5. The molecule has 4 nitrogen and oxygen atoms in total. The van der Waals surface area contributed by atoms with Crippen LogP contribution in [0.15, 0.2) is 18.2 Å². The Morgan fingerprint density at radius 3 is 2.79 bits per heavy atom. The molecule has 5 heteroatoms. The van der Waals surface area contributed by atoms with Crippen molar-refractivity contribution in [2.24, 2.45) is 5.92 Å². The molecule has 2 rings (SSSR count). The standard InChI is InChI=1S/C14H16ClNO3/c1-9-3-12(15)6-13(4-9)19-8-11-5-14(18)16(7-11)10(2)17/h3-4,6,11H,5,7-8H2,1-2H3/t11-/m1/s1. The van der Waals surface area contributed by atoms with Crippen LogP contribution in [0, 0.1) is 12.8 Å². The number of hydrogen-bond donors (Lipinski definition) is 0. The van der Waals surface area contributed by atoms with Gasteiger partial charge < -0.3 is 4.74 Å². The van der Waals surface area contributed by atoms with Crippen LogP contribution < -0.4 is 4.74 Å². The maximum absolute atomic E-state index is 11.6. The first kappa shape index (κ1) is 13.9. The van der Waals surface area contributed by atoms with Gasteiger partial charge >= 0.3 is 0 Å². The summed E-state index contributed by atoms with van der Waals surface area (Å²) in [5, 5.41) is 0.628. The van der Waals surface area contributed by atoms with E-state index in [2.05, 4.69) is 0 Å². The SMILES string of the molecule is CC(=O)N1C[C@H](COc2cc(C)cc(Cl)c2)CC1=O. The van der Waals surface area contributed by atoms with Gasteiger partial charge in [0.2, 0.25) is 11.8 Å². The van der Waals surface area contributed by atoms with Gasteiger partial charge in [-0.25, -0.2) is 0 Å². The van der Waals surface area contributed by atoms with E-state index < -0.39 is 0 Å². The Kier molecular flexibility index (Phi) is 4.10. The van der Waals surface area contributed by atoms with Crippen LogP contribution in [0.5, 0.6) is 5.75 Å². The van der Waals surface area contributed by atoms with Gasteiger partial charge in [0.25, 0.3) is 0 Å². The molecule has 1 aliphatic rings. The zero-order valence-corrected chi connectivity index (χ0v) is 11.7. The summed E-state index contributed by atoms with van der Waals surface area (Å²) in [6.45, 7) is 4.19. The molecular formula is C14H16ClNO3. The molecule has 1 aromatic rings. The van der Waals surface area contributed by atoms with E-state index in [1.807, 2.05) is 19.1 Å². The molecule has 0 aromatic heterocycles. The smallest absolute Gasteiger partial charge is 0.229 e. The zero-order chi connectivity index (χ0) is 14.0. The quantitative estimate of drug-likeness (QED) is 0.855. The van der Waals surface area contributed by atoms with Crippen molar-refractivity contribution in [3.8, 4) is 5.75 Å². The summed E-state index contributed by atoms with van der Waals surface area (Å²) < 4.78 is 5.65. The van der Waals surface area contributed by atoms with E-state index in [0.717, 1.165) is 5.56 Å². The Balaban J connectivity index is 1.93. The Bertz CT molecular complexity index is 495. The van der Waals surface area contributed by atoms with Crippen molar-refractivity contribution in [3.63, 3.8) is 0 Å². The molecule has 0 radical (unpaired) electrons. The normalized spacial score (nSPS) is 18.8. The number of halogens is 1. The Labute approximate surface area is 117 Å². The van der Waals surface area contributed by atoms with Crippen molar-refractivity contribution in [3.05, 3.63) is 28.8 Å². The Morgan fingerprint density at radius 1 is 1.47 bits per heavy atom. The van der Waals surface area contributed by atoms with Crippen LogP contribution in [-0.4, -0.2) is 29.9 Å². The molecule has 1 fully saturated rings. The fourth-order valence-electron chi connectivity index (χ4n) is 2.20. The third-order valence-electron chi connectivity index (χ3n) is 3.09. The average molecular weight is 282 g/mol. The molecule has 102 valence electrons. The number of carbonyl (C=O) groups excluding carboxylic acids is 2. The summed E-state index contributed by atoms with van der Waals surface area (Å²) in [7, 11) is 0. The second kappa shape index (κ2) is 5.61. The lowest BCUT2D eigenvalue weighted by atomic mass is 10.1. The molecule has 1 saturated heterocycles. The second-order valence-corrected chi connectivity index (χ2v) is 5.31. The average Bonchev–Trinajstić information content (AvgIpc) is 2.67. The van der Waals surface area contributed by atoms with Gasteiger partial charge in [0.15, 0.2) is 0 Å². The number of rotatable bonds is 3. The third-order valence-corrected chi connectivity index (χ3v) is 3.30. The fraction of sp³-hybridized carbons (Fsp3) is 0.429. The van der Waals surface area contributed by atoms with Gasteiger partial charge in [0, 0.05) is 30.8 Å². The van der Waals surface area contributed by atoms with Crippen molar-refractivity contribution < 1.29 is 14.3 Å². The van der Waals surface area contributed by atoms with Crippen LogP contribution in [0.3, 0.4) is 0 Å². The highest BCUT2D eigenvalue weighted by molar-refractivity contribution is 6.30. The molecule has 0 N–H and O–H groups in total. The molecule has 1 aliphatic heterocycles. The summed E-state index contributed by atoms with van der Waals surface area (Å²) in [4.78, 5) is 24.1. The molecule has 1 aromatic carbocycles. The minimum Gasteiger partial charge on any atom is -0.493 e. The van der Waals surface area contributed by atoms with Gasteiger partial charge in [0.1, 0.15) is 5.75 Å². The van der Waals surface area contributed by atoms with Gasteiger partial charge in [0.05, 0.1) is 6.61 Å². The van der Waals surface area contributed by atoms with Crippen LogP contribution in [0.25, 0.3) is 0 Å². The number of imide groups is 1. The number of amides is 2. The van der Waals surface area contributed by atoms with Crippen molar-refractivity contribution in [2.45, 2.75) is 20.3 Å². The van der Waals surface area contributed by atoms with Crippen molar-refractivity contribution >= 4 is 23.4 Å². The largest absolute Gasteiger partial charge is 0.493 e. The zero-order valence-electron chi connectivity index (χ0n) is 11.0. The van der Waals surface area contributed by atoms with E-state index in [1.165, 1.54) is 11.8 Å². The maximum Gasteiger partial charge on any atom is 0.229 e. The predicted molar refractivity (Wildman–Crippen MR) is 72.2 cm³/mol. The van der Waals surface area contributed by atoms with Crippen LogP contribution in [0.4, 0.5) is 0 Å². The molecule has 0 aliphatic carbocycles. The van der Waals surface area contributed by atoms with Gasteiger partial charge in [-0.3, -0.25) is 14.5 Å². The number of hydrogen-bond acceptors (Lipinski definition) is 3. The highest BCUT2D eigenvalue weighted by Gasteiger charge is 2.32. The lowest BCUT2D eigenvalue weighted by molar-refractivity contribution is -0.140. The van der Waals surface area contributed by atoms with E-state index in [1.54, 1.807) is 6.07 Å². The van der Waals surface area contributed by atoms with Crippen molar-refractivity contribution in [2.75, 3.05) is 13.2 Å². The van der Waals surface area contributed by atoms with Crippen LogP contribution in [-0.2, 0) is 9.59 Å². The minimum atomic E-state index is -0.203. The third kappa shape index (κ3) is 3.47. The second-order valence-electron chi connectivity index (χ2n) is 4.87. The van der Waals surface area contributed by atoms with Crippen molar-refractivity contribution in [1.29, 1.82) is 0 Å². The predicted octanol–water partition coefficient (Wildman–Crippen LogP) is 2.42. The van der Waals surface area contributed by atoms with E-state index in [9.17, 15) is 9.59 Å². The van der Waals surface area contributed by atoms with Gasteiger partial charge in [-0.2, -0.15) is 0 Å². The van der Waals surface area contributed by atoms with Gasteiger partial charge in [-0.15, -0.1) is 0 Å². The first-order chi connectivity index (χ1) is 8.95. The number of likely N-dealkylation sites (tertiary alicyclic amines) is 1. The van der Waals surface area contributed by atoms with Crippen molar-refractivity contribution in [1.82, 2.24) is 4.90 Å². The van der Waals surface area contributed by atoms with E-state index in [4.69, 9.17) is 16.3 Å². The molecular weight excluding hydrogens is 266 g/mol. The van der Waals surface area contributed by atoms with Gasteiger partial charge in [-0.1, -0.05) is 11.6 Å². The molecule has 0 spiro atoms. The summed E-state index contributed by atoms with van der Waals surface area (Å²) in [5.74, 6) is 0.420. The molecule has 0 bridgehead atoms. The Morgan fingerprint density at radius 2 is 2.21 bits per heavy atom. The first-order valence-electron chi connectivity index (χ1n) is 6.16. The molecule has 0 unspecified atom stereocenters. The molecule has 0 saturated carbocycles. The number of ether oxygens (including phenoxy) is 1. The molecule has 1 atom stereocenters. The number of aryl methyl sites for hydroxylation is 1. The monoisotopic (exact) mass is 281 g/mol. The molecule has 1 heterocycles. The summed E-state index contributed by atoms with van der Waals surface area (Å²) in [6, 6.07) is 5.49. The van der Waals surface area contributed by atoms with E-state index in [-0.39, 0.29) is 17.7 Å². The lowest BCUT2D eigenvalue weighted by Gasteiger charge is -2.13. The van der Waals surface area contributed by atoms with Crippen LogP contribution >= 0.6 is 11.6 Å². The van der Waals surface area contributed by atoms with Crippen LogP contribution in [0.1, 0.15) is 18.9 Å². The number of carbonyl (C=O) groups is 2. The fourth-order valence-corrected chi connectivity index (χ4v) is 2.48. The topological polar surface area (TPSA) is 46.6 Å². The van der Waals surface area contributed by atoms with Crippen LogP contribution in [0.2, 0.25) is 5.02 Å². The highest BCUT2D eigenvalue weighted by Crippen LogP contribution is 2.23. The van der Waals surface area contributed by atoms with Gasteiger partial charge in [-0.05, 0) is 30.7 Å². The molecule has 2 amide bonds. The number of nitrogens with zero attached hydrogens (tertiary/aromatic N) is 1. The lowest BCUT2D eigenvalue weighted by Crippen LogP contribution is -2.30.